The molecular formula is C10H26O3Si2. The summed E-state index contributed by atoms with van der Waals surface area (Å²) in [5.41, 5.74) is 0. The molecule has 0 rings (SSSR count). The first-order valence-corrected chi connectivity index (χ1v) is 9.16. The largest absolute Gasteiger partial charge is 0.397 e. The normalized spacial score (nSPS) is 14.8. The van der Waals surface area contributed by atoms with Crippen molar-refractivity contribution in [2.24, 2.45) is 0 Å². The Kier molecular flexibility index (Phi) is 6.94. The Morgan fingerprint density at radius 1 is 0.867 bits per heavy atom. The van der Waals surface area contributed by atoms with E-state index >= 15 is 0 Å². The van der Waals surface area contributed by atoms with Gasteiger partial charge in [0.25, 0.3) is 0 Å². The molecule has 5 heteroatoms. The highest BCUT2D eigenvalue weighted by molar-refractivity contribution is 6.41. The second-order valence-electron chi connectivity index (χ2n) is 5.28. The van der Waals surface area contributed by atoms with E-state index < -0.39 is 0 Å². The first-order chi connectivity index (χ1) is 6.83. The summed E-state index contributed by atoms with van der Waals surface area (Å²) in [4.78, 5) is 0. The van der Waals surface area contributed by atoms with Gasteiger partial charge in [0.15, 0.2) is 0 Å². The molecule has 0 aliphatic heterocycles. The summed E-state index contributed by atoms with van der Waals surface area (Å²) < 4.78 is 6.13. The summed E-state index contributed by atoms with van der Waals surface area (Å²) in [5, 5.41) is 17.6. The highest BCUT2D eigenvalue weighted by atomic mass is 28.2. The molecule has 0 fully saturated rings. The maximum absolute atomic E-state index is 8.82. The van der Waals surface area contributed by atoms with E-state index in [4.69, 9.17) is 14.9 Å². The highest BCUT2D eigenvalue weighted by Crippen LogP contribution is 2.20. The molecule has 0 aromatic rings. The average molecular weight is 250 g/mol. The third-order valence-corrected chi connectivity index (χ3v) is 6.46. The van der Waals surface area contributed by atoms with Crippen molar-refractivity contribution in [2.45, 2.75) is 50.2 Å². The van der Waals surface area contributed by atoms with Crippen LogP contribution in [0.15, 0.2) is 0 Å². The molecule has 0 aliphatic carbocycles. The lowest BCUT2D eigenvalue weighted by Gasteiger charge is -2.36. The zero-order valence-electron chi connectivity index (χ0n) is 10.5. The van der Waals surface area contributed by atoms with Crippen molar-refractivity contribution in [1.29, 1.82) is 0 Å². The van der Waals surface area contributed by atoms with Crippen LogP contribution in [0.3, 0.4) is 0 Å². The van der Waals surface area contributed by atoms with Gasteiger partial charge >= 0.3 is 0 Å². The molecule has 0 aromatic heterocycles. The SMILES string of the molecule is CC(C)(OC(C)(C)[SiH2]CCO)[SiH2]CCO. The van der Waals surface area contributed by atoms with Crippen LogP contribution >= 0.6 is 0 Å². The molecule has 0 aromatic carbocycles. The van der Waals surface area contributed by atoms with Crippen LogP contribution in [0.25, 0.3) is 0 Å². The van der Waals surface area contributed by atoms with Crippen molar-refractivity contribution in [3.63, 3.8) is 0 Å². The smallest absolute Gasteiger partial charge is 0.0610 e. The van der Waals surface area contributed by atoms with Crippen LogP contribution in [-0.4, -0.2) is 52.9 Å². The number of aliphatic hydroxyl groups is 2. The predicted molar refractivity (Wildman–Crippen MR) is 70.1 cm³/mol. The summed E-state index contributed by atoms with van der Waals surface area (Å²) in [5.74, 6) is 0. The lowest BCUT2D eigenvalue weighted by Crippen LogP contribution is -2.45. The van der Waals surface area contributed by atoms with E-state index in [2.05, 4.69) is 27.7 Å². The van der Waals surface area contributed by atoms with E-state index in [1.54, 1.807) is 0 Å². The van der Waals surface area contributed by atoms with Gasteiger partial charge < -0.3 is 14.9 Å². The van der Waals surface area contributed by atoms with Crippen LogP contribution in [0.4, 0.5) is 0 Å². The van der Waals surface area contributed by atoms with Gasteiger partial charge in [-0.3, -0.25) is 0 Å². The second-order valence-corrected chi connectivity index (χ2v) is 11.1. The maximum atomic E-state index is 8.82. The van der Waals surface area contributed by atoms with Crippen molar-refractivity contribution in [1.82, 2.24) is 0 Å². The first kappa shape index (κ1) is 15.3. The summed E-state index contributed by atoms with van der Waals surface area (Å²) in [6.45, 7) is 9.09. The number of rotatable bonds is 8. The fourth-order valence-corrected chi connectivity index (χ4v) is 5.07. The van der Waals surface area contributed by atoms with Crippen molar-refractivity contribution in [3.8, 4) is 0 Å². The van der Waals surface area contributed by atoms with E-state index in [0.29, 0.717) is 0 Å². The monoisotopic (exact) mass is 250 g/mol. The second kappa shape index (κ2) is 6.80. The Labute approximate surface area is 97.9 Å². The molecule has 0 aliphatic rings. The molecule has 0 amide bonds. The number of aliphatic hydroxyl groups excluding tert-OH is 2. The zero-order chi connectivity index (χ0) is 11.9. The Morgan fingerprint density at radius 3 is 1.47 bits per heavy atom. The molecule has 0 unspecified atom stereocenters. The van der Waals surface area contributed by atoms with Crippen LogP contribution in [0, 0.1) is 0 Å². The molecule has 0 radical (unpaired) electrons. The van der Waals surface area contributed by atoms with Gasteiger partial charge in [-0.25, -0.2) is 0 Å². The van der Waals surface area contributed by atoms with Gasteiger partial charge in [0.1, 0.15) is 0 Å². The molecule has 15 heavy (non-hydrogen) atoms. The summed E-state index contributed by atoms with van der Waals surface area (Å²) in [6.07, 6.45) is 0. The molecule has 0 saturated carbocycles. The topological polar surface area (TPSA) is 49.7 Å². The first-order valence-electron chi connectivity index (χ1n) is 5.75. The van der Waals surface area contributed by atoms with E-state index in [9.17, 15) is 0 Å². The van der Waals surface area contributed by atoms with Crippen LogP contribution in [0.5, 0.6) is 0 Å². The van der Waals surface area contributed by atoms with Gasteiger partial charge in [0.05, 0.1) is 19.0 Å². The fraction of sp³-hybridized carbons (Fsp3) is 1.00. The van der Waals surface area contributed by atoms with Crippen LogP contribution in [-0.2, 0) is 4.74 Å². The van der Waals surface area contributed by atoms with Crippen molar-refractivity contribution < 1.29 is 14.9 Å². The maximum Gasteiger partial charge on any atom is 0.0610 e. The number of hydrogen-bond donors (Lipinski definition) is 2. The minimum atomic E-state index is -0.376. The van der Waals surface area contributed by atoms with E-state index in [1.165, 1.54) is 0 Å². The zero-order valence-corrected chi connectivity index (χ0v) is 13.4. The minimum Gasteiger partial charge on any atom is -0.397 e. The Bertz CT molecular complexity index is 154. The Hall–Kier alpha value is 0.314. The summed E-state index contributed by atoms with van der Waals surface area (Å²) in [6, 6.07) is 1.84. The average Bonchev–Trinajstić information content (AvgIpc) is 2.10. The van der Waals surface area contributed by atoms with Gasteiger partial charge in [-0.2, -0.15) is 0 Å². The lowest BCUT2D eigenvalue weighted by molar-refractivity contribution is -0.0323. The Morgan fingerprint density at radius 2 is 1.20 bits per heavy atom. The standard InChI is InChI=1S/C10H26O3Si2/c1-9(2,14-7-5-11)13-10(3,4)15-8-6-12/h11-12H,5-8,14-15H2,1-4H3. The quantitative estimate of drug-likeness (QED) is 0.578. The van der Waals surface area contributed by atoms with E-state index in [1.807, 2.05) is 0 Å². The summed E-state index contributed by atoms with van der Waals surface area (Å²) >= 11 is 0. The minimum absolute atomic E-state index is 0.0330. The highest BCUT2D eigenvalue weighted by Gasteiger charge is 2.28. The molecular weight excluding hydrogens is 224 g/mol. The van der Waals surface area contributed by atoms with E-state index in [0.717, 1.165) is 12.1 Å². The number of ether oxygens (including phenoxy) is 1. The summed E-state index contributed by atoms with van der Waals surface area (Å²) in [7, 11) is -0.753. The molecule has 0 atom stereocenters. The van der Waals surface area contributed by atoms with Gasteiger partial charge in [-0.05, 0) is 39.8 Å². The van der Waals surface area contributed by atoms with Gasteiger partial charge in [0.2, 0.25) is 0 Å². The van der Waals surface area contributed by atoms with Gasteiger partial charge in [0, 0.05) is 23.7 Å². The van der Waals surface area contributed by atoms with Gasteiger partial charge in [-0.1, -0.05) is 0 Å². The third-order valence-electron chi connectivity index (χ3n) is 2.43. The van der Waals surface area contributed by atoms with Crippen molar-refractivity contribution >= 4 is 19.0 Å². The van der Waals surface area contributed by atoms with Crippen LogP contribution in [0.1, 0.15) is 27.7 Å². The molecule has 2 N–H and O–H groups in total. The molecule has 0 heterocycles. The van der Waals surface area contributed by atoms with Gasteiger partial charge in [-0.15, -0.1) is 0 Å². The molecule has 92 valence electrons. The van der Waals surface area contributed by atoms with Crippen LogP contribution in [0.2, 0.25) is 12.1 Å². The molecule has 0 saturated heterocycles. The van der Waals surface area contributed by atoms with Crippen molar-refractivity contribution in [3.05, 3.63) is 0 Å². The van der Waals surface area contributed by atoms with Crippen LogP contribution < -0.4 is 0 Å². The van der Waals surface area contributed by atoms with Crippen molar-refractivity contribution in [2.75, 3.05) is 13.2 Å². The molecule has 0 spiro atoms. The molecule has 3 nitrogen and oxygen atoms in total. The lowest BCUT2D eigenvalue weighted by atomic mass is 10.4. The fourth-order valence-electron chi connectivity index (χ4n) is 1.86. The van der Waals surface area contributed by atoms with E-state index in [-0.39, 0.29) is 42.7 Å². The Balaban J connectivity index is 4.04. The number of hydrogen-bond acceptors (Lipinski definition) is 3. The molecule has 0 bridgehead atoms. The predicted octanol–water partition coefficient (Wildman–Crippen LogP) is -0.366. The third kappa shape index (κ3) is 8.16.